The molecule has 1 aliphatic rings. The van der Waals surface area contributed by atoms with E-state index in [0.29, 0.717) is 17.5 Å². The number of thioether (sulfide) groups is 1. The van der Waals surface area contributed by atoms with Crippen LogP contribution in [0.3, 0.4) is 0 Å². The minimum Gasteiger partial charge on any atom is -0.416 e. The number of aromatic nitrogens is 2. The van der Waals surface area contributed by atoms with Gasteiger partial charge in [-0.15, -0.1) is 10.2 Å². The Labute approximate surface area is 168 Å². The standard InChI is InChI=1S/C21H22N4O2S/c26-19(22-17-10-4-5-11-18(17)25-12-6-7-13-25)15-28-21-24-23-20(27-21)14-16-8-2-1-3-9-16/h1-5,8-11H,6-7,12-15H2,(H,22,26). The van der Waals surface area contributed by atoms with Crippen LogP contribution in [-0.4, -0.2) is 34.9 Å². The van der Waals surface area contributed by atoms with Gasteiger partial charge in [-0.1, -0.05) is 54.2 Å². The highest BCUT2D eigenvalue weighted by molar-refractivity contribution is 7.99. The molecule has 1 N–H and O–H groups in total. The van der Waals surface area contributed by atoms with Crippen LogP contribution < -0.4 is 10.2 Å². The molecule has 4 rings (SSSR count). The summed E-state index contributed by atoms with van der Waals surface area (Å²) in [5, 5.41) is 11.5. The lowest BCUT2D eigenvalue weighted by molar-refractivity contribution is -0.113. The van der Waals surface area contributed by atoms with E-state index in [0.717, 1.165) is 30.0 Å². The first-order chi connectivity index (χ1) is 13.8. The number of nitrogens with one attached hydrogen (secondary N) is 1. The van der Waals surface area contributed by atoms with E-state index in [1.54, 1.807) is 0 Å². The number of hydrogen-bond donors (Lipinski definition) is 1. The van der Waals surface area contributed by atoms with Crippen molar-refractivity contribution in [1.29, 1.82) is 0 Å². The molecule has 0 bridgehead atoms. The third-order valence-electron chi connectivity index (χ3n) is 4.60. The second-order valence-corrected chi connectivity index (χ2v) is 7.60. The number of amides is 1. The first kappa shape index (κ1) is 18.6. The predicted octanol–water partition coefficient (Wildman–Crippen LogP) is 3.99. The maximum Gasteiger partial charge on any atom is 0.277 e. The maximum absolute atomic E-state index is 12.4. The summed E-state index contributed by atoms with van der Waals surface area (Å²) in [6, 6.07) is 17.9. The van der Waals surface area contributed by atoms with Crippen LogP contribution in [0.25, 0.3) is 0 Å². The molecular weight excluding hydrogens is 372 g/mol. The average Bonchev–Trinajstić information content (AvgIpc) is 3.40. The summed E-state index contributed by atoms with van der Waals surface area (Å²) in [7, 11) is 0. The fourth-order valence-corrected chi connectivity index (χ4v) is 3.85. The fraction of sp³-hybridized carbons (Fsp3) is 0.286. The van der Waals surface area contributed by atoms with E-state index in [1.165, 1.54) is 24.6 Å². The zero-order valence-electron chi connectivity index (χ0n) is 15.5. The van der Waals surface area contributed by atoms with Crippen molar-refractivity contribution in [2.24, 2.45) is 0 Å². The molecule has 3 aromatic rings. The molecule has 0 spiro atoms. The molecule has 6 nitrogen and oxygen atoms in total. The van der Waals surface area contributed by atoms with E-state index in [4.69, 9.17) is 4.42 Å². The van der Waals surface area contributed by atoms with Gasteiger partial charge in [-0.05, 0) is 30.5 Å². The molecule has 0 atom stereocenters. The van der Waals surface area contributed by atoms with Gasteiger partial charge in [0.25, 0.3) is 5.22 Å². The zero-order chi connectivity index (χ0) is 19.2. The maximum atomic E-state index is 12.4. The van der Waals surface area contributed by atoms with Gasteiger partial charge in [-0.25, -0.2) is 0 Å². The van der Waals surface area contributed by atoms with Crippen LogP contribution in [0.1, 0.15) is 24.3 Å². The third-order valence-corrected chi connectivity index (χ3v) is 5.42. The Balaban J connectivity index is 1.32. The minimum absolute atomic E-state index is 0.0838. The quantitative estimate of drug-likeness (QED) is 0.611. The number of carbonyl (C=O) groups is 1. The van der Waals surface area contributed by atoms with Gasteiger partial charge in [0, 0.05) is 13.1 Å². The summed E-state index contributed by atoms with van der Waals surface area (Å²) in [4.78, 5) is 14.7. The summed E-state index contributed by atoms with van der Waals surface area (Å²) >= 11 is 1.25. The van der Waals surface area contributed by atoms with E-state index < -0.39 is 0 Å². The molecule has 1 fully saturated rings. The second kappa shape index (κ2) is 8.93. The first-order valence-electron chi connectivity index (χ1n) is 9.41. The molecule has 0 saturated carbocycles. The molecule has 2 heterocycles. The Morgan fingerprint density at radius 1 is 1.04 bits per heavy atom. The zero-order valence-corrected chi connectivity index (χ0v) is 16.3. The van der Waals surface area contributed by atoms with Crippen molar-refractivity contribution in [1.82, 2.24) is 10.2 Å². The fourth-order valence-electron chi connectivity index (χ4n) is 3.27. The number of nitrogens with zero attached hydrogens (tertiary/aromatic N) is 3. The molecular formula is C21H22N4O2S. The van der Waals surface area contributed by atoms with Crippen molar-refractivity contribution in [2.75, 3.05) is 29.1 Å². The number of hydrogen-bond acceptors (Lipinski definition) is 6. The normalized spacial score (nSPS) is 13.6. The topological polar surface area (TPSA) is 71.3 Å². The van der Waals surface area contributed by atoms with Crippen molar-refractivity contribution in [2.45, 2.75) is 24.5 Å². The molecule has 28 heavy (non-hydrogen) atoms. The number of para-hydroxylation sites is 2. The van der Waals surface area contributed by atoms with Gasteiger partial charge in [0.05, 0.1) is 23.5 Å². The van der Waals surface area contributed by atoms with E-state index in [9.17, 15) is 4.79 Å². The Hall–Kier alpha value is -2.80. The van der Waals surface area contributed by atoms with Crippen molar-refractivity contribution < 1.29 is 9.21 Å². The van der Waals surface area contributed by atoms with Gasteiger partial charge < -0.3 is 14.6 Å². The lowest BCUT2D eigenvalue weighted by Crippen LogP contribution is -2.21. The number of carbonyl (C=O) groups excluding carboxylic acids is 1. The summed E-state index contributed by atoms with van der Waals surface area (Å²) in [6.45, 7) is 2.07. The van der Waals surface area contributed by atoms with Gasteiger partial charge in [-0.3, -0.25) is 4.79 Å². The van der Waals surface area contributed by atoms with Crippen LogP contribution >= 0.6 is 11.8 Å². The Morgan fingerprint density at radius 2 is 1.79 bits per heavy atom. The molecule has 7 heteroatoms. The molecule has 144 valence electrons. The Morgan fingerprint density at radius 3 is 2.61 bits per heavy atom. The van der Waals surface area contributed by atoms with Crippen LogP contribution in [0.15, 0.2) is 64.2 Å². The van der Waals surface area contributed by atoms with Crippen LogP contribution in [0.2, 0.25) is 0 Å². The lowest BCUT2D eigenvalue weighted by Gasteiger charge is -2.21. The highest BCUT2D eigenvalue weighted by Gasteiger charge is 2.17. The molecule has 1 aromatic heterocycles. The van der Waals surface area contributed by atoms with Crippen molar-refractivity contribution in [3.8, 4) is 0 Å². The van der Waals surface area contributed by atoms with Crippen LogP contribution in [0.4, 0.5) is 11.4 Å². The summed E-state index contributed by atoms with van der Waals surface area (Å²) < 4.78 is 5.65. The second-order valence-electron chi connectivity index (χ2n) is 6.67. The Bertz CT molecular complexity index is 923. The van der Waals surface area contributed by atoms with E-state index >= 15 is 0 Å². The summed E-state index contributed by atoms with van der Waals surface area (Å²) in [5.41, 5.74) is 3.05. The molecule has 1 saturated heterocycles. The third kappa shape index (κ3) is 4.72. The Kier molecular flexibility index (Phi) is 5.92. The van der Waals surface area contributed by atoms with E-state index in [-0.39, 0.29) is 11.7 Å². The van der Waals surface area contributed by atoms with Gasteiger partial charge in [0.1, 0.15) is 0 Å². The smallest absolute Gasteiger partial charge is 0.277 e. The molecule has 0 unspecified atom stereocenters. The average molecular weight is 395 g/mol. The summed E-state index contributed by atoms with van der Waals surface area (Å²) in [6.07, 6.45) is 2.98. The van der Waals surface area contributed by atoms with Crippen molar-refractivity contribution in [3.05, 3.63) is 66.1 Å². The van der Waals surface area contributed by atoms with Crippen LogP contribution in [0.5, 0.6) is 0 Å². The molecule has 1 amide bonds. The molecule has 1 aliphatic heterocycles. The van der Waals surface area contributed by atoms with E-state index in [2.05, 4.69) is 26.5 Å². The first-order valence-corrected chi connectivity index (χ1v) is 10.4. The lowest BCUT2D eigenvalue weighted by atomic mass is 10.2. The van der Waals surface area contributed by atoms with Crippen LogP contribution in [0, 0.1) is 0 Å². The van der Waals surface area contributed by atoms with E-state index in [1.807, 2.05) is 48.5 Å². The SMILES string of the molecule is O=C(CSc1nnc(Cc2ccccc2)o1)Nc1ccccc1N1CCCC1. The van der Waals surface area contributed by atoms with Gasteiger partial charge >= 0.3 is 0 Å². The van der Waals surface area contributed by atoms with Gasteiger partial charge in [0.2, 0.25) is 11.8 Å². The monoisotopic (exact) mass is 394 g/mol. The molecule has 0 aliphatic carbocycles. The minimum atomic E-state index is -0.0838. The largest absolute Gasteiger partial charge is 0.416 e. The number of benzene rings is 2. The van der Waals surface area contributed by atoms with Gasteiger partial charge in [0.15, 0.2) is 0 Å². The van der Waals surface area contributed by atoms with Crippen LogP contribution in [-0.2, 0) is 11.2 Å². The number of anilines is 2. The predicted molar refractivity (Wildman–Crippen MR) is 111 cm³/mol. The molecule has 0 radical (unpaired) electrons. The number of rotatable bonds is 7. The molecule has 2 aromatic carbocycles. The van der Waals surface area contributed by atoms with Gasteiger partial charge in [-0.2, -0.15) is 0 Å². The summed E-state index contributed by atoms with van der Waals surface area (Å²) in [5.74, 6) is 0.689. The highest BCUT2D eigenvalue weighted by atomic mass is 32.2. The van der Waals surface area contributed by atoms with Crippen molar-refractivity contribution >= 4 is 29.0 Å². The highest BCUT2D eigenvalue weighted by Crippen LogP contribution is 2.29. The van der Waals surface area contributed by atoms with Crippen molar-refractivity contribution in [3.63, 3.8) is 0 Å².